The highest BCUT2D eigenvalue weighted by Gasteiger charge is 2.35. The zero-order valence-electron chi connectivity index (χ0n) is 27.2. The van der Waals surface area contributed by atoms with Crippen LogP contribution in [0.3, 0.4) is 0 Å². The summed E-state index contributed by atoms with van der Waals surface area (Å²) < 4.78 is 29.6. The molecule has 0 saturated heterocycles. The van der Waals surface area contributed by atoms with Crippen LogP contribution in [0.2, 0.25) is 10.0 Å². The number of aryl methyl sites for hydroxylation is 2. The number of anilines is 1. The minimum atomic E-state index is -4.18. The second-order valence-electron chi connectivity index (χ2n) is 12.5. The Morgan fingerprint density at radius 3 is 2.17 bits per heavy atom. The van der Waals surface area contributed by atoms with Crippen LogP contribution >= 0.6 is 23.2 Å². The topological polar surface area (TPSA) is 86.8 Å². The molecule has 4 aromatic carbocycles. The van der Waals surface area contributed by atoms with Crippen LogP contribution in [0.15, 0.2) is 102 Å². The minimum absolute atomic E-state index is 0.0113. The number of halogens is 2. The van der Waals surface area contributed by atoms with E-state index in [1.54, 1.807) is 60.7 Å². The van der Waals surface area contributed by atoms with Gasteiger partial charge in [0.05, 0.1) is 20.6 Å². The number of hydrogen-bond donors (Lipinski definition) is 1. The molecule has 10 heteroatoms. The van der Waals surface area contributed by atoms with Crippen molar-refractivity contribution in [1.29, 1.82) is 0 Å². The number of sulfonamides is 1. The van der Waals surface area contributed by atoms with E-state index in [4.69, 9.17) is 23.2 Å². The molecule has 252 valence electrons. The molecule has 48 heavy (non-hydrogen) atoms. The van der Waals surface area contributed by atoms with Crippen molar-refractivity contribution >= 4 is 50.7 Å². The van der Waals surface area contributed by atoms with Crippen LogP contribution in [-0.4, -0.2) is 43.8 Å². The minimum Gasteiger partial charge on any atom is -0.352 e. The lowest BCUT2D eigenvalue weighted by molar-refractivity contribution is -0.140. The molecule has 0 spiro atoms. The van der Waals surface area contributed by atoms with E-state index in [-0.39, 0.29) is 29.8 Å². The molecule has 1 saturated carbocycles. The third-order valence-electron chi connectivity index (χ3n) is 8.74. The van der Waals surface area contributed by atoms with Crippen LogP contribution in [-0.2, 0) is 32.6 Å². The highest BCUT2D eigenvalue weighted by molar-refractivity contribution is 7.92. The molecule has 0 aromatic heterocycles. The Morgan fingerprint density at radius 2 is 1.50 bits per heavy atom. The van der Waals surface area contributed by atoms with Gasteiger partial charge in [-0.3, -0.25) is 13.9 Å². The largest absolute Gasteiger partial charge is 0.352 e. The monoisotopic (exact) mass is 705 g/mol. The van der Waals surface area contributed by atoms with E-state index in [9.17, 15) is 18.0 Å². The summed E-state index contributed by atoms with van der Waals surface area (Å²) in [5.41, 5.74) is 3.63. The molecule has 2 amide bonds. The lowest BCUT2D eigenvalue weighted by Crippen LogP contribution is -2.55. The molecule has 0 radical (unpaired) electrons. The molecular formula is C38H41Cl2N3O4S. The molecule has 1 atom stereocenters. The third-order valence-corrected chi connectivity index (χ3v) is 11.3. The molecule has 1 aliphatic rings. The number of nitrogens with zero attached hydrogens (tertiary/aromatic N) is 2. The molecule has 1 aliphatic carbocycles. The summed E-state index contributed by atoms with van der Waals surface area (Å²) in [6.07, 6.45) is 5.18. The molecule has 0 unspecified atom stereocenters. The van der Waals surface area contributed by atoms with E-state index in [0.717, 1.165) is 53.1 Å². The van der Waals surface area contributed by atoms with Crippen LogP contribution in [0.4, 0.5) is 5.69 Å². The van der Waals surface area contributed by atoms with E-state index in [2.05, 4.69) is 5.32 Å². The van der Waals surface area contributed by atoms with Gasteiger partial charge in [-0.15, -0.1) is 0 Å². The summed E-state index contributed by atoms with van der Waals surface area (Å²) in [7, 11) is -4.18. The number of carbonyl (C=O) groups excluding carboxylic acids is 2. The zero-order chi connectivity index (χ0) is 34.3. The second-order valence-corrected chi connectivity index (χ2v) is 15.2. The standard InChI is InChI=1S/C38H41Cl2N3O4S/c1-27-16-19-33(20-17-27)48(46,47)43(32-15-9-10-28(2)22-32)26-37(44)42(25-30-18-21-34(39)35(40)23-30)36(24-29-11-5-3-6-12-29)38(45)41-31-13-7-4-8-14-31/h3,5-6,9-12,15-23,31,36H,4,7-8,13-14,24-26H2,1-2H3,(H,41,45)/t36-/m1/s1. The summed E-state index contributed by atoms with van der Waals surface area (Å²) in [6, 6.07) is 27.3. The fourth-order valence-corrected chi connectivity index (χ4v) is 7.81. The van der Waals surface area contributed by atoms with Crippen molar-refractivity contribution < 1.29 is 18.0 Å². The van der Waals surface area contributed by atoms with Crippen molar-refractivity contribution in [1.82, 2.24) is 10.2 Å². The Balaban J connectivity index is 1.57. The number of carbonyl (C=O) groups is 2. The fourth-order valence-electron chi connectivity index (χ4n) is 6.08. The van der Waals surface area contributed by atoms with E-state index in [0.29, 0.717) is 21.3 Å². The maximum absolute atomic E-state index is 14.7. The van der Waals surface area contributed by atoms with Gasteiger partial charge in [0.1, 0.15) is 12.6 Å². The molecule has 1 fully saturated rings. The first-order valence-electron chi connectivity index (χ1n) is 16.2. The number of benzene rings is 4. The Morgan fingerprint density at radius 1 is 0.792 bits per heavy atom. The van der Waals surface area contributed by atoms with Crippen molar-refractivity contribution in [2.24, 2.45) is 0 Å². The zero-order valence-corrected chi connectivity index (χ0v) is 29.6. The van der Waals surface area contributed by atoms with Crippen LogP contribution in [0.1, 0.15) is 54.4 Å². The van der Waals surface area contributed by atoms with E-state index >= 15 is 0 Å². The lowest BCUT2D eigenvalue weighted by Gasteiger charge is -2.35. The predicted octanol–water partition coefficient (Wildman–Crippen LogP) is 7.89. The fraction of sp³-hybridized carbons (Fsp3) is 0.316. The third kappa shape index (κ3) is 8.98. The van der Waals surface area contributed by atoms with E-state index in [1.165, 1.54) is 4.90 Å². The smallest absolute Gasteiger partial charge is 0.264 e. The number of amides is 2. The van der Waals surface area contributed by atoms with Gasteiger partial charge in [-0.05, 0) is 79.8 Å². The maximum atomic E-state index is 14.7. The molecule has 4 aromatic rings. The summed E-state index contributed by atoms with van der Waals surface area (Å²) >= 11 is 12.6. The SMILES string of the molecule is Cc1ccc(S(=O)(=O)N(CC(=O)N(Cc2ccc(Cl)c(Cl)c2)[C@H](Cc2ccccc2)C(=O)NC2CCCCC2)c2cccc(C)c2)cc1. The van der Waals surface area contributed by atoms with E-state index < -0.39 is 28.5 Å². The van der Waals surface area contributed by atoms with Gasteiger partial charge in [0.2, 0.25) is 11.8 Å². The molecule has 0 heterocycles. The highest BCUT2D eigenvalue weighted by Crippen LogP contribution is 2.28. The lowest BCUT2D eigenvalue weighted by atomic mass is 9.94. The summed E-state index contributed by atoms with van der Waals surface area (Å²) in [5, 5.41) is 3.90. The van der Waals surface area contributed by atoms with Crippen molar-refractivity contribution in [2.75, 3.05) is 10.8 Å². The van der Waals surface area contributed by atoms with E-state index in [1.807, 2.05) is 50.2 Å². The van der Waals surface area contributed by atoms with Gasteiger partial charge in [-0.2, -0.15) is 0 Å². The normalized spacial score (nSPS) is 14.2. The number of hydrogen-bond acceptors (Lipinski definition) is 4. The van der Waals surface area contributed by atoms with Crippen LogP contribution < -0.4 is 9.62 Å². The Labute approximate surface area is 293 Å². The van der Waals surface area contributed by atoms with Gasteiger partial charge in [-0.1, -0.05) is 109 Å². The van der Waals surface area contributed by atoms with Crippen LogP contribution in [0, 0.1) is 13.8 Å². The van der Waals surface area contributed by atoms with Crippen LogP contribution in [0.5, 0.6) is 0 Å². The molecular weight excluding hydrogens is 665 g/mol. The van der Waals surface area contributed by atoms with Gasteiger partial charge >= 0.3 is 0 Å². The first-order valence-corrected chi connectivity index (χ1v) is 18.4. The quantitative estimate of drug-likeness (QED) is 0.162. The maximum Gasteiger partial charge on any atom is 0.264 e. The number of rotatable bonds is 12. The van der Waals surface area contributed by atoms with Gasteiger partial charge < -0.3 is 10.2 Å². The molecule has 0 aliphatic heterocycles. The Bertz CT molecular complexity index is 1830. The van der Waals surface area contributed by atoms with Gasteiger partial charge in [0, 0.05) is 19.0 Å². The highest BCUT2D eigenvalue weighted by atomic mass is 35.5. The first-order chi connectivity index (χ1) is 23.0. The van der Waals surface area contributed by atoms with Crippen molar-refractivity contribution in [2.45, 2.75) is 75.9 Å². The molecule has 1 N–H and O–H groups in total. The molecule has 7 nitrogen and oxygen atoms in total. The van der Waals surface area contributed by atoms with Gasteiger partial charge in [0.15, 0.2) is 0 Å². The molecule has 5 rings (SSSR count). The second kappa shape index (κ2) is 16.0. The van der Waals surface area contributed by atoms with Gasteiger partial charge in [-0.25, -0.2) is 8.42 Å². The van der Waals surface area contributed by atoms with Crippen molar-refractivity contribution in [3.63, 3.8) is 0 Å². The molecule has 0 bridgehead atoms. The van der Waals surface area contributed by atoms with Crippen molar-refractivity contribution in [3.8, 4) is 0 Å². The Hall–Kier alpha value is -3.85. The first kappa shape index (κ1) is 35.5. The summed E-state index contributed by atoms with van der Waals surface area (Å²) in [5.74, 6) is -0.805. The number of nitrogens with one attached hydrogen (secondary N) is 1. The average Bonchev–Trinajstić information content (AvgIpc) is 3.07. The average molecular weight is 707 g/mol. The van der Waals surface area contributed by atoms with Crippen LogP contribution in [0.25, 0.3) is 0 Å². The summed E-state index contributed by atoms with van der Waals surface area (Å²) in [4.78, 5) is 30.5. The predicted molar refractivity (Wildman–Crippen MR) is 193 cm³/mol. The van der Waals surface area contributed by atoms with Crippen molar-refractivity contribution in [3.05, 3.63) is 129 Å². The Kier molecular flexibility index (Phi) is 11.8. The van der Waals surface area contributed by atoms with Gasteiger partial charge in [0.25, 0.3) is 10.0 Å². The summed E-state index contributed by atoms with van der Waals surface area (Å²) in [6.45, 7) is 3.23.